The Balaban J connectivity index is 1.65. The van der Waals surface area contributed by atoms with E-state index < -0.39 is 0 Å². The molecule has 0 saturated carbocycles. The van der Waals surface area contributed by atoms with Crippen molar-refractivity contribution in [2.24, 2.45) is 0 Å². The Morgan fingerprint density at radius 3 is 2.31 bits per heavy atom. The van der Waals surface area contributed by atoms with E-state index in [4.69, 9.17) is 9.72 Å². The molecule has 0 radical (unpaired) electrons. The number of carbonyl (C=O) groups is 1. The molecule has 0 bridgehead atoms. The summed E-state index contributed by atoms with van der Waals surface area (Å²) in [5.74, 6) is -0.0558. The van der Waals surface area contributed by atoms with E-state index in [2.05, 4.69) is 41.4 Å². The van der Waals surface area contributed by atoms with Crippen LogP contribution in [0, 0.1) is 0 Å². The van der Waals surface area contributed by atoms with Crippen molar-refractivity contribution < 1.29 is 9.53 Å². The first-order valence-electron chi connectivity index (χ1n) is 12.4. The van der Waals surface area contributed by atoms with Gasteiger partial charge in [-0.15, -0.1) is 0 Å². The third kappa shape index (κ3) is 5.11. The van der Waals surface area contributed by atoms with E-state index in [-0.39, 0.29) is 11.9 Å². The molecule has 0 aliphatic carbocycles. The topological polar surface area (TPSA) is 54.5 Å². The predicted molar refractivity (Wildman–Crippen MR) is 140 cm³/mol. The molecule has 4 aromatic rings. The summed E-state index contributed by atoms with van der Waals surface area (Å²) in [4.78, 5) is 21.5. The number of amides is 1. The molecule has 1 unspecified atom stereocenters. The summed E-state index contributed by atoms with van der Waals surface area (Å²) < 4.78 is 5.58. The molecule has 2 heterocycles. The number of hydrogen-bond donors (Lipinski definition) is 1. The van der Waals surface area contributed by atoms with Crippen LogP contribution in [0.5, 0.6) is 0 Å². The highest BCUT2D eigenvalue weighted by atomic mass is 16.5. The second-order valence-corrected chi connectivity index (χ2v) is 8.93. The van der Waals surface area contributed by atoms with Crippen LogP contribution >= 0.6 is 0 Å². The van der Waals surface area contributed by atoms with Crippen molar-refractivity contribution in [2.75, 3.05) is 26.3 Å². The SMILES string of the molecule is CCC(NC(=O)c1c(CN2CCOCC2)c(-c2ccccc2)nc2ccccc12)c1ccccc1. The summed E-state index contributed by atoms with van der Waals surface area (Å²) in [6, 6.07) is 28.3. The van der Waals surface area contributed by atoms with Gasteiger partial charge in [-0.25, -0.2) is 4.98 Å². The van der Waals surface area contributed by atoms with E-state index in [1.807, 2.05) is 60.7 Å². The maximum absolute atomic E-state index is 14.1. The Bertz CT molecular complexity index is 1290. The van der Waals surface area contributed by atoms with E-state index in [0.29, 0.717) is 19.8 Å². The maximum Gasteiger partial charge on any atom is 0.252 e. The number of para-hydroxylation sites is 1. The number of benzene rings is 3. The lowest BCUT2D eigenvalue weighted by Crippen LogP contribution is -2.37. The Morgan fingerprint density at radius 2 is 1.60 bits per heavy atom. The number of hydrogen-bond acceptors (Lipinski definition) is 4. The quantitative estimate of drug-likeness (QED) is 0.385. The first-order chi connectivity index (χ1) is 17.2. The number of aromatic nitrogens is 1. The lowest BCUT2D eigenvalue weighted by molar-refractivity contribution is 0.0341. The van der Waals surface area contributed by atoms with Crippen LogP contribution in [0.25, 0.3) is 22.2 Å². The number of nitrogens with zero attached hydrogens (tertiary/aromatic N) is 2. The molecule has 1 amide bonds. The maximum atomic E-state index is 14.1. The monoisotopic (exact) mass is 465 g/mol. The smallest absolute Gasteiger partial charge is 0.252 e. The van der Waals surface area contributed by atoms with Gasteiger partial charge in [-0.3, -0.25) is 9.69 Å². The van der Waals surface area contributed by atoms with Gasteiger partial charge in [0, 0.05) is 36.1 Å². The van der Waals surface area contributed by atoms with E-state index in [1.165, 1.54) is 0 Å². The Labute approximate surface area is 206 Å². The summed E-state index contributed by atoms with van der Waals surface area (Å²) in [5.41, 5.74) is 5.52. The Hall–Kier alpha value is -3.54. The zero-order valence-electron chi connectivity index (χ0n) is 20.1. The van der Waals surface area contributed by atoms with Gasteiger partial charge in [-0.1, -0.05) is 85.8 Å². The van der Waals surface area contributed by atoms with E-state index >= 15 is 0 Å². The van der Waals surface area contributed by atoms with Crippen molar-refractivity contribution in [2.45, 2.75) is 25.9 Å². The fourth-order valence-corrected chi connectivity index (χ4v) is 4.82. The van der Waals surface area contributed by atoms with Crippen molar-refractivity contribution in [3.8, 4) is 11.3 Å². The number of rotatable bonds is 7. The molecule has 178 valence electrons. The summed E-state index contributed by atoms with van der Waals surface area (Å²) in [7, 11) is 0. The minimum absolute atomic E-state index is 0.0558. The van der Waals surface area contributed by atoms with Crippen molar-refractivity contribution in [3.63, 3.8) is 0 Å². The van der Waals surface area contributed by atoms with Gasteiger partial charge in [0.05, 0.1) is 36.0 Å². The number of pyridine rings is 1. The molecule has 5 nitrogen and oxygen atoms in total. The highest BCUT2D eigenvalue weighted by Crippen LogP contribution is 2.32. The third-order valence-corrected chi connectivity index (χ3v) is 6.67. The van der Waals surface area contributed by atoms with Gasteiger partial charge in [-0.2, -0.15) is 0 Å². The number of morpholine rings is 1. The second kappa shape index (κ2) is 10.8. The summed E-state index contributed by atoms with van der Waals surface area (Å²) >= 11 is 0. The summed E-state index contributed by atoms with van der Waals surface area (Å²) in [5, 5.41) is 4.22. The molecular weight excluding hydrogens is 434 g/mol. The predicted octanol–water partition coefficient (Wildman–Crippen LogP) is 5.62. The van der Waals surface area contributed by atoms with Crippen LogP contribution in [0.15, 0.2) is 84.9 Å². The third-order valence-electron chi connectivity index (χ3n) is 6.67. The van der Waals surface area contributed by atoms with Crippen LogP contribution in [0.1, 0.15) is 40.9 Å². The molecule has 3 aromatic carbocycles. The molecule has 0 spiro atoms. The fraction of sp³-hybridized carbons (Fsp3) is 0.267. The van der Waals surface area contributed by atoms with Crippen LogP contribution in [0.3, 0.4) is 0 Å². The molecule has 5 heteroatoms. The molecule has 5 rings (SSSR count). The molecule has 35 heavy (non-hydrogen) atoms. The van der Waals surface area contributed by atoms with Crippen molar-refractivity contribution >= 4 is 16.8 Å². The number of ether oxygens (including phenoxy) is 1. The van der Waals surface area contributed by atoms with Crippen LogP contribution in [-0.4, -0.2) is 42.1 Å². The lowest BCUT2D eigenvalue weighted by atomic mass is 9.94. The van der Waals surface area contributed by atoms with Gasteiger partial charge in [-0.05, 0) is 18.1 Å². The van der Waals surface area contributed by atoms with Gasteiger partial charge >= 0.3 is 0 Å². The van der Waals surface area contributed by atoms with Crippen LogP contribution in [0.2, 0.25) is 0 Å². The zero-order valence-corrected chi connectivity index (χ0v) is 20.1. The summed E-state index contributed by atoms with van der Waals surface area (Å²) in [6.45, 7) is 5.83. The normalized spacial score (nSPS) is 15.1. The lowest BCUT2D eigenvalue weighted by Gasteiger charge is -2.29. The zero-order chi connectivity index (χ0) is 24.0. The van der Waals surface area contributed by atoms with Crippen molar-refractivity contribution in [1.82, 2.24) is 15.2 Å². The average molecular weight is 466 g/mol. The van der Waals surface area contributed by atoms with E-state index in [0.717, 1.165) is 58.4 Å². The highest BCUT2D eigenvalue weighted by Gasteiger charge is 2.25. The first kappa shape index (κ1) is 23.2. The molecule has 1 aromatic heterocycles. The van der Waals surface area contributed by atoms with Gasteiger partial charge < -0.3 is 10.1 Å². The van der Waals surface area contributed by atoms with Crippen LogP contribution in [0.4, 0.5) is 0 Å². The molecule has 1 aliphatic rings. The minimum Gasteiger partial charge on any atom is -0.379 e. The summed E-state index contributed by atoms with van der Waals surface area (Å²) in [6.07, 6.45) is 0.809. The van der Waals surface area contributed by atoms with Crippen molar-refractivity contribution in [3.05, 3.63) is 102 Å². The highest BCUT2D eigenvalue weighted by molar-refractivity contribution is 6.09. The molecule has 1 N–H and O–H groups in total. The van der Waals surface area contributed by atoms with Gasteiger partial charge in [0.25, 0.3) is 5.91 Å². The standard InChI is InChI=1S/C30H31N3O2/c1-2-26(22-11-5-3-6-12-22)32-30(34)28-24-15-9-10-16-27(24)31-29(23-13-7-4-8-14-23)25(28)21-33-17-19-35-20-18-33/h3-16,26H,2,17-21H2,1H3,(H,32,34). The first-order valence-corrected chi connectivity index (χ1v) is 12.4. The second-order valence-electron chi connectivity index (χ2n) is 8.93. The Morgan fingerprint density at radius 1 is 0.943 bits per heavy atom. The van der Waals surface area contributed by atoms with Crippen LogP contribution < -0.4 is 5.32 Å². The minimum atomic E-state index is -0.0629. The molecule has 1 saturated heterocycles. The number of nitrogens with one attached hydrogen (secondary N) is 1. The molecular formula is C30H31N3O2. The molecule has 1 fully saturated rings. The van der Waals surface area contributed by atoms with Gasteiger partial charge in [0.2, 0.25) is 0 Å². The fourth-order valence-electron chi connectivity index (χ4n) is 4.82. The number of fused-ring (bicyclic) bond motifs is 1. The largest absolute Gasteiger partial charge is 0.379 e. The van der Waals surface area contributed by atoms with Crippen LogP contribution in [-0.2, 0) is 11.3 Å². The van der Waals surface area contributed by atoms with Gasteiger partial charge in [0.1, 0.15) is 0 Å². The van der Waals surface area contributed by atoms with Crippen molar-refractivity contribution in [1.29, 1.82) is 0 Å². The van der Waals surface area contributed by atoms with Gasteiger partial charge in [0.15, 0.2) is 0 Å². The van der Waals surface area contributed by atoms with E-state index in [9.17, 15) is 4.79 Å². The average Bonchev–Trinajstić information content (AvgIpc) is 2.92. The number of carbonyl (C=O) groups excluding carboxylic acids is 1. The molecule has 1 atom stereocenters. The Kier molecular flexibility index (Phi) is 7.17. The molecule has 1 aliphatic heterocycles. The van der Waals surface area contributed by atoms with E-state index in [1.54, 1.807) is 0 Å².